The summed E-state index contributed by atoms with van der Waals surface area (Å²) in [6.07, 6.45) is 7.30. The Morgan fingerprint density at radius 1 is 1.39 bits per heavy atom. The number of aliphatic hydroxyl groups excluding tert-OH is 1. The molecule has 1 saturated carbocycles. The van der Waals surface area contributed by atoms with Gasteiger partial charge in [0.15, 0.2) is 0 Å². The van der Waals surface area contributed by atoms with E-state index in [2.05, 4.69) is 27.3 Å². The van der Waals surface area contributed by atoms with Crippen molar-refractivity contribution >= 4 is 5.82 Å². The van der Waals surface area contributed by atoms with Crippen LogP contribution in [0.25, 0.3) is 0 Å². The Kier molecular flexibility index (Phi) is 4.61. The molecule has 0 radical (unpaired) electrons. The molecule has 3 rings (SSSR count). The third-order valence-electron chi connectivity index (χ3n) is 4.38. The van der Waals surface area contributed by atoms with Gasteiger partial charge in [-0.15, -0.1) is 0 Å². The van der Waals surface area contributed by atoms with Gasteiger partial charge in [-0.1, -0.05) is 6.92 Å². The van der Waals surface area contributed by atoms with Gasteiger partial charge in [0.2, 0.25) is 0 Å². The molecule has 0 bridgehead atoms. The predicted molar refractivity (Wildman–Crippen MR) is 89.1 cm³/mol. The lowest BCUT2D eigenvalue weighted by Crippen LogP contribution is -2.36. The summed E-state index contributed by atoms with van der Waals surface area (Å²) in [5, 5.41) is 17.5. The molecule has 1 atom stereocenters. The summed E-state index contributed by atoms with van der Waals surface area (Å²) >= 11 is 0. The van der Waals surface area contributed by atoms with Gasteiger partial charge in [-0.05, 0) is 32.1 Å². The molecule has 6 nitrogen and oxygen atoms in total. The first-order valence-electron chi connectivity index (χ1n) is 8.33. The lowest BCUT2D eigenvalue weighted by molar-refractivity contribution is 0.0339. The average molecular weight is 315 g/mol. The molecule has 1 aliphatic rings. The maximum Gasteiger partial charge on any atom is 0.130 e. The van der Waals surface area contributed by atoms with Gasteiger partial charge in [0.05, 0.1) is 18.3 Å². The van der Waals surface area contributed by atoms with Crippen LogP contribution in [0.1, 0.15) is 49.3 Å². The molecule has 0 aromatic carbocycles. The standard InChI is InChI=1S/C17H25N5O/c1-4-5-15-19-11(2)6-16(20-15)21-17(12-7-14(23)8-12)13-9-18-22(3)10-13/h6,9-10,12,14,17,23H,4-5,7-8H2,1-3H3,(H,19,20,21). The second-order valence-electron chi connectivity index (χ2n) is 6.52. The van der Waals surface area contributed by atoms with E-state index < -0.39 is 0 Å². The zero-order chi connectivity index (χ0) is 16.4. The predicted octanol–water partition coefficient (Wildman–Crippen LogP) is 2.40. The van der Waals surface area contributed by atoms with Crippen molar-refractivity contribution in [3.8, 4) is 0 Å². The van der Waals surface area contributed by atoms with E-state index in [0.717, 1.165) is 48.6 Å². The second kappa shape index (κ2) is 6.66. The van der Waals surface area contributed by atoms with Crippen molar-refractivity contribution in [3.63, 3.8) is 0 Å². The van der Waals surface area contributed by atoms with Crippen LogP contribution in [-0.4, -0.2) is 31.0 Å². The lowest BCUT2D eigenvalue weighted by atomic mass is 9.75. The molecule has 0 spiro atoms. The molecule has 2 aromatic heterocycles. The van der Waals surface area contributed by atoms with Crippen LogP contribution in [0.3, 0.4) is 0 Å². The van der Waals surface area contributed by atoms with Crippen LogP contribution in [0.15, 0.2) is 18.5 Å². The van der Waals surface area contributed by atoms with Crippen LogP contribution in [0.2, 0.25) is 0 Å². The van der Waals surface area contributed by atoms with E-state index in [1.807, 2.05) is 37.1 Å². The molecule has 6 heteroatoms. The van der Waals surface area contributed by atoms with Gasteiger partial charge < -0.3 is 10.4 Å². The highest BCUT2D eigenvalue weighted by molar-refractivity contribution is 5.39. The number of nitrogens with zero attached hydrogens (tertiary/aromatic N) is 4. The third kappa shape index (κ3) is 3.69. The van der Waals surface area contributed by atoms with Crippen molar-refractivity contribution in [2.75, 3.05) is 5.32 Å². The number of aliphatic hydroxyl groups is 1. The van der Waals surface area contributed by atoms with E-state index in [4.69, 9.17) is 0 Å². The summed E-state index contributed by atoms with van der Waals surface area (Å²) in [5.41, 5.74) is 2.11. The van der Waals surface area contributed by atoms with E-state index in [9.17, 15) is 5.11 Å². The third-order valence-corrected chi connectivity index (χ3v) is 4.38. The van der Waals surface area contributed by atoms with Crippen molar-refractivity contribution in [3.05, 3.63) is 35.5 Å². The van der Waals surface area contributed by atoms with Gasteiger partial charge in [-0.3, -0.25) is 4.68 Å². The first kappa shape index (κ1) is 15.9. The van der Waals surface area contributed by atoms with E-state index in [0.29, 0.717) is 5.92 Å². The summed E-state index contributed by atoms with van der Waals surface area (Å²) in [6.45, 7) is 4.13. The minimum Gasteiger partial charge on any atom is -0.393 e. The normalized spacial score (nSPS) is 21.7. The SMILES string of the molecule is CCCc1nc(C)cc(NC(c2cnn(C)c2)C2CC(O)C2)n1. The number of nitrogens with one attached hydrogen (secondary N) is 1. The number of hydrogen-bond acceptors (Lipinski definition) is 5. The number of hydrogen-bond donors (Lipinski definition) is 2. The van der Waals surface area contributed by atoms with E-state index in [1.165, 1.54) is 0 Å². The fraction of sp³-hybridized carbons (Fsp3) is 0.588. The van der Waals surface area contributed by atoms with Crippen molar-refractivity contribution in [1.29, 1.82) is 0 Å². The van der Waals surface area contributed by atoms with Crippen molar-refractivity contribution in [1.82, 2.24) is 19.7 Å². The Morgan fingerprint density at radius 2 is 2.17 bits per heavy atom. The number of anilines is 1. The average Bonchev–Trinajstić information content (AvgIpc) is 2.88. The summed E-state index contributed by atoms with van der Waals surface area (Å²) in [4.78, 5) is 9.13. The minimum absolute atomic E-state index is 0.121. The van der Waals surface area contributed by atoms with Gasteiger partial charge in [0.1, 0.15) is 11.6 Å². The Bertz CT molecular complexity index is 663. The van der Waals surface area contributed by atoms with E-state index in [-0.39, 0.29) is 12.1 Å². The molecule has 0 aliphatic heterocycles. The van der Waals surface area contributed by atoms with Crippen molar-refractivity contribution < 1.29 is 5.11 Å². The van der Waals surface area contributed by atoms with E-state index in [1.54, 1.807) is 0 Å². The van der Waals surface area contributed by atoms with Gasteiger partial charge in [0.25, 0.3) is 0 Å². The Balaban J connectivity index is 1.83. The first-order valence-corrected chi connectivity index (χ1v) is 8.33. The number of aromatic nitrogens is 4. The van der Waals surface area contributed by atoms with Crippen LogP contribution in [0.4, 0.5) is 5.82 Å². The molecule has 2 N–H and O–H groups in total. The Hall–Kier alpha value is -1.95. The topological polar surface area (TPSA) is 75.9 Å². The highest BCUT2D eigenvalue weighted by Gasteiger charge is 2.35. The van der Waals surface area contributed by atoms with E-state index >= 15 is 0 Å². The van der Waals surface area contributed by atoms with Crippen molar-refractivity contribution in [2.45, 2.75) is 51.7 Å². The molecule has 23 heavy (non-hydrogen) atoms. The second-order valence-corrected chi connectivity index (χ2v) is 6.52. The fourth-order valence-electron chi connectivity index (χ4n) is 3.17. The molecule has 1 aliphatic carbocycles. The quantitative estimate of drug-likeness (QED) is 0.856. The highest BCUT2D eigenvalue weighted by atomic mass is 16.3. The molecular weight excluding hydrogens is 290 g/mol. The lowest BCUT2D eigenvalue weighted by Gasteiger charge is -2.38. The van der Waals surface area contributed by atoms with Crippen LogP contribution in [0.5, 0.6) is 0 Å². The summed E-state index contributed by atoms with van der Waals surface area (Å²) in [7, 11) is 1.92. The Labute approximate surface area is 137 Å². The summed E-state index contributed by atoms with van der Waals surface area (Å²) < 4.78 is 1.81. The zero-order valence-corrected chi connectivity index (χ0v) is 14.0. The largest absolute Gasteiger partial charge is 0.393 e. The smallest absolute Gasteiger partial charge is 0.130 e. The van der Waals surface area contributed by atoms with Gasteiger partial charge >= 0.3 is 0 Å². The monoisotopic (exact) mass is 315 g/mol. The van der Waals surface area contributed by atoms with Crippen LogP contribution in [-0.2, 0) is 13.5 Å². The first-order chi connectivity index (χ1) is 11.0. The van der Waals surface area contributed by atoms with Gasteiger partial charge in [-0.2, -0.15) is 5.10 Å². The molecule has 124 valence electrons. The van der Waals surface area contributed by atoms with Crippen LogP contribution < -0.4 is 5.32 Å². The van der Waals surface area contributed by atoms with Crippen LogP contribution in [0, 0.1) is 12.8 Å². The summed E-state index contributed by atoms with van der Waals surface area (Å²) in [5.74, 6) is 2.14. The summed E-state index contributed by atoms with van der Waals surface area (Å²) in [6, 6.07) is 2.10. The molecule has 1 fully saturated rings. The molecular formula is C17H25N5O. The molecule has 0 amide bonds. The zero-order valence-electron chi connectivity index (χ0n) is 14.0. The fourth-order valence-corrected chi connectivity index (χ4v) is 3.17. The molecule has 2 aromatic rings. The molecule has 2 heterocycles. The van der Waals surface area contributed by atoms with Gasteiger partial charge in [-0.25, -0.2) is 9.97 Å². The van der Waals surface area contributed by atoms with Gasteiger partial charge in [0, 0.05) is 37.0 Å². The minimum atomic E-state index is -0.177. The van der Waals surface area contributed by atoms with Crippen molar-refractivity contribution in [2.24, 2.45) is 13.0 Å². The molecule has 0 saturated heterocycles. The van der Waals surface area contributed by atoms with Crippen LogP contribution >= 0.6 is 0 Å². The maximum atomic E-state index is 9.67. The Morgan fingerprint density at radius 3 is 2.78 bits per heavy atom. The molecule has 1 unspecified atom stereocenters. The highest BCUT2D eigenvalue weighted by Crippen LogP contribution is 2.39. The number of aryl methyl sites for hydroxylation is 3. The number of rotatable bonds is 6. The maximum absolute atomic E-state index is 9.67.